The lowest BCUT2D eigenvalue weighted by atomic mass is 9.90. The molecule has 0 bridgehead atoms. The fraction of sp³-hybridized carbons (Fsp3) is 0.286. The Bertz CT molecular complexity index is 1210. The number of halogens is 4. The zero-order chi connectivity index (χ0) is 22.4. The fourth-order valence-electron chi connectivity index (χ4n) is 4.22. The molecule has 1 unspecified atom stereocenters. The summed E-state index contributed by atoms with van der Waals surface area (Å²) in [5.41, 5.74) is 8.70. The summed E-state index contributed by atoms with van der Waals surface area (Å²) in [5, 5.41) is 6.61. The normalized spacial score (nSPS) is 20.8. The van der Waals surface area contributed by atoms with Gasteiger partial charge >= 0.3 is 6.55 Å². The summed E-state index contributed by atoms with van der Waals surface area (Å²) in [5.74, 6) is 0.364. The van der Waals surface area contributed by atoms with Gasteiger partial charge in [0.2, 0.25) is 0 Å². The van der Waals surface area contributed by atoms with Gasteiger partial charge in [-0.15, -0.1) is 11.3 Å². The van der Waals surface area contributed by atoms with Gasteiger partial charge in [0.25, 0.3) is 0 Å². The topological polar surface area (TPSA) is 72.3 Å². The van der Waals surface area contributed by atoms with E-state index in [1.165, 1.54) is 35.9 Å². The van der Waals surface area contributed by atoms with Gasteiger partial charge in [-0.2, -0.15) is 13.9 Å². The lowest BCUT2D eigenvalue weighted by Crippen LogP contribution is -2.33. The first kappa shape index (κ1) is 21.2. The van der Waals surface area contributed by atoms with E-state index in [2.05, 4.69) is 15.0 Å². The van der Waals surface area contributed by atoms with E-state index in [1.807, 2.05) is 5.38 Å². The van der Waals surface area contributed by atoms with Crippen molar-refractivity contribution in [1.29, 1.82) is 0 Å². The van der Waals surface area contributed by atoms with Crippen molar-refractivity contribution in [2.24, 2.45) is 16.6 Å². The van der Waals surface area contributed by atoms with Crippen molar-refractivity contribution in [2.75, 3.05) is 13.1 Å². The molecule has 0 radical (unpaired) electrons. The standard InChI is InChI=1S/C21H18ClF3N6S/c22-15-6-13(23)1-2-14(15)18-17(12-8-28-31(10-12)21(24)25)16-5-11(7-26)9-30(16)19(29-18)20-27-3-4-32-20/h1-4,6,8,10-11,18,21H,5,7,9,26H2/t11?,18-/m0/s1. The number of nitrogens with zero attached hydrogens (tertiary/aromatic N) is 5. The minimum Gasteiger partial charge on any atom is -0.330 e. The van der Waals surface area contributed by atoms with Gasteiger partial charge in [0.1, 0.15) is 11.9 Å². The van der Waals surface area contributed by atoms with Crippen LogP contribution in [-0.4, -0.2) is 38.6 Å². The van der Waals surface area contributed by atoms with Crippen LogP contribution in [0.15, 0.2) is 52.9 Å². The molecule has 2 aliphatic rings. The predicted molar refractivity (Wildman–Crippen MR) is 117 cm³/mol. The molecule has 4 heterocycles. The number of hydrogen-bond acceptors (Lipinski definition) is 6. The van der Waals surface area contributed by atoms with Gasteiger partial charge in [0.15, 0.2) is 10.8 Å². The molecule has 166 valence electrons. The third-order valence-corrected chi connectivity index (χ3v) is 6.76. The fourth-order valence-corrected chi connectivity index (χ4v) is 5.13. The smallest absolute Gasteiger partial charge is 0.330 e. The second-order valence-electron chi connectivity index (χ2n) is 7.62. The van der Waals surface area contributed by atoms with Crippen molar-refractivity contribution in [3.8, 4) is 0 Å². The molecule has 32 heavy (non-hydrogen) atoms. The molecule has 0 amide bonds. The van der Waals surface area contributed by atoms with Crippen LogP contribution in [0.25, 0.3) is 5.57 Å². The van der Waals surface area contributed by atoms with E-state index in [0.717, 1.165) is 10.7 Å². The molecule has 2 atom stereocenters. The Balaban J connectivity index is 1.73. The number of rotatable bonds is 5. The van der Waals surface area contributed by atoms with Gasteiger partial charge < -0.3 is 10.6 Å². The number of hydrogen-bond donors (Lipinski definition) is 1. The number of allylic oxidation sites excluding steroid dienone is 1. The molecule has 1 saturated heterocycles. The minimum absolute atomic E-state index is 0.165. The zero-order valence-corrected chi connectivity index (χ0v) is 18.2. The van der Waals surface area contributed by atoms with Crippen molar-refractivity contribution in [3.05, 3.63) is 74.8 Å². The molecule has 3 aromatic rings. The summed E-state index contributed by atoms with van der Waals surface area (Å²) >= 11 is 7.87. The second-order valence-corrected chi connectivity index (χ2v) is 8.92. The molecular weight excluding hydrogens is 461 g/mol. The monoisotopic (exact) mass is 478 g/mol. The quantitative estimate of drug-likeness (QED) is 0.576. The number of amidine groups is 1. The Morgan fingerprint density at radius 3 is 2.81 bits per heavy atom. The third-order valence-electron chi connectivity index (χ3n) is 5.67. The largest absolute Gasteiger partial charge is 0.333 e. The lowest BCUT2D eigenvalue weighted by molar-refractivity contribution is 0.0566. The van der Waals surface area contributed by atoms with Gasteiger partial charge in [-0.1, -0.05) is 17.7 Å². The molecule has 0 aliphatic carbocycles. The molecule has 0 saturated carbocycles. The Morgan fingerprint density at radius 1 is 1.31 bits per heavy atom. The van der Waals surface area contributed by atoms with Crippen LogP contribution in [0.2, 0.25) is 5.02 Å². The van der Waals surface area contributed by atoms with E-state index in [1.54, 1.807) is 12.3 Å². The van der Waals surface area contributed by atoms with Crippen LogP contribution in [0.5, 0.6) is 0 Å². The first-order valence-electron chi connectivity index (χ1n) is 9.92. The van der Waals surface area contributed by atoms with Crippen molar-refractivity contribution in [1.82, 2.24) is 19.7 Å². The molecule has 0 spiro atoms. The molecular formula is C21H18ClF3N6S. The van der Waals surface area contributed by atoms with Gasteiger partial charge in [-0.05, 0) is 36.6 Å². The van der Waals surface area contributed by atoms with Crippen molar-refractivity contribution < 1.29 is 13.2 Å². The average Bonchev–Trinajstić information content (AvgIpc) is 3.52. The molecule has 1 fully saturated rings. The van der Waals surface area contributed by atoms with E-state index in [9.17, 15) is 13.2 Å². The number of nitrogens with two attached hydrogens (primary N) is 1. The molecule has 5 rings (SSSR count). The van der Waals surface area contributed by atoms with Crippen LogP contribution < -0.4 is 5.73 Å². The van der Waals surface area contributed by atoms with Crippen LogP contribution in [-0.2, 0) is 0 Å². The van der Waals surface area contributed by atoms with E-state index in [0.29, 0.717) is 46.7 Å². The summed E-state index contributed by atoms with van der Waals surface area (Å²) in [6, 6.07) is 3.48. The maximum atomic E-state index is 13.8. The predicted octanol–water partition coefficient (Wildman–Crippen LogP) is 4.72. The highest BCUT2D eigenvalue weighted by atomic mass is 35.5. The number of alkyl halides is 2. The first-order chi connectivity index (χ1) is 15.5. The van der Waals surface area contributed by atoms with Crippen LogP contribution in [0.4, 0.5) is 13.2 Å². The van der Waals surface area contributed by atoms with Gasteiger partial charge in [0.05, 0.1) is 6.20 Å². The highest BCUT2D eigenvalue weighted by Crippen LogP contribution is 2.47. The van der Waals surface area contributed by atoms with E-state index < -0.39 is 18.4 Å². The number of aliphatic imine (C=N–C) groups is 1. The van der Waals surface area contributed by atoms with Crippen LogP contribution in [0.1, 0.15) is 35.1 Å². The van der Waals surface area contributed by atoms with Crippen molar-refractivity contribution in [2.45, 2.75) is 19.0 Å². The van der Waals surface area contributed by atoms with E-state index >= 15 is 0 Å². The SMILES string of the molecule is NCC1CC2=C(c3cnn(C(F)F)c3)[C@H](c3ccc(F)cc3Cl)N=C(c3nccs3)N2C1. The second kappa shape index (κ2) is 8.34. The molecule has 1 aromatic carbocycles. The van der Waals surface area contributed by atoms with E-state index in [-0.39, 0.29) is 10.9 Å². The molecule has 2 N–H and O–H groups in total. The van der Waals surface area contributed by atoms with Crippen LogP contribution >= 0.6 is 22.9 Å². The average molecular weight is 479 g/mol. The first-order valence-corrected chi connectivity index (χ1v) is 11.2. The molecule has 11 heteroatoms. The van der Waals surface area contributed by atoms with Crippen LogP contribution in [0, 0.1) is 11.7 Å². The Labute approximate surface area is 190 Å². The Morgan fingerprint density at radius 2 is 2.16 bits per heavy atom. The van der Waals surface area contributed by atoms with Gasteiger partial charge in [-0.25, -0.2) is 14.1 Å². The van der Waals surface area contributed by atoms with Crippen molar-refractivity contribution in [3.63, 3.8) is 0 Å². The number of fused-ring (bicyclic) bond motifs is 1. The maximum absolute atomic E-state index is 13.8. The Kier molecular flexibility index (Phi) is 5.52. The minimum atomic E-state index is -2.77. The van der Waals surface area contributed by atoms with Crippen LogP contribution in [0.3, 0.4) is 0 Å². The summed E-state index contributed by atoms with van der Waals surface area (Å²) in [6.07, 6.45) is 5.04. The van der Waals surface area contributed by atoms with E-state index in [4.69, 9.17) is 22.3 Å². The number of aromatic nitrogens is 3. The molecule has 6 nitrogen and oxygen atoms in total. The number of benzene rings is 1. The summed E-state index contributed by atoms with van der Waals surface area (Å²) in [4.78, 5) is 11.4. The highest BCUT2D eigenvalue weighted by Gasteiger charge is 2.40. The van der Waals surface area contributed by atoms with Gasteiger partial charge in [0, 0.05) is 46.2 Å². The highest BCUT2D eigenvalue weighted by molar-refractivity contribution is 7.11. The number of thiazole rings is 1. The summed E-state index contributed by atoms with van der Waals surface area (Å²) < 4.78 is 40.9. The summed E-state index contributed by atoms with van der Waals surface area (Å²) in [6.45, 7) is -1.66. The molecule has 2 aliphatic heterocycles. The molecule has 2 aromatic heterocycles. The lowest BCUT2D eigenvalue weighted by Gasteiger charge is -2.32. The summed E-state index contributed by atoms with van der Waals surface area (Å²) in [7, 11) is 0. The zero-order valence-electron chi connectivity index (χ0n) is 16.6. The Hall–Kier alpha value is -2.69. The third kappa shape index (κ3) is 3.62. The van der Waals surface area contributed by atoms with Crippen molar-refractivity contribution >= 4 is 34.3 Å². The maximum Gasteiger partial charge on any atom is 0.333 e. The van der Waals surface area contributed by atoms with Gasteiger partial charge in [-0.3, -0.25) is 4.99 Å².